The molecule has 1 amide bonds. The largest absolute Gasteiger partial charge is 0.459 e. The van der Waals surface area contributed by atoms with Crippen molar-refractivity contribution in [3.05, 3.63) is 108 Å². The summed E-state index contributed by atoms with van der Waals surface area (Å²) in [5.41, 5.74) is 2.54. The third-order valence-electron chi connectivity index (χ3n) is 5.88. The average Bonchev–Trinajstić information content (AvgIpc) is 3.49. The van der Waals surface area contributed by atoms with Gasteiger partial charge in [-0.05, 0) is 72.9 Å². The highest BCUT2D eigenvalue weighted by Crippen LogP contribution is 2.40. The second-order valence-corrected chi connectivity index (χ2v) is 9.02. The molecule has 1 fully saturated rings. The Morgan fingerprint density at radius 2 is 1.80 bits per heavy atom. The van der Waals surface area contributed by atoms with Crippen molar-refractivity contribution < 1.29 is 9.21 Å². The normalized spacial score (nSPS) is 17.3. The minimum Gasteiger partial charge on any atom is -0.459 e. The number of benzene rings is 2. The molecular formula is C27H23ClN4O2S. The van der Waals surface area contributed by atoms with Crippen LogP contribution in [0.2, 0.25) is 5.02 Å². The van der Waals surface area contributed by atoms with E-state index in [9.17, 15) is 4.79 Å². The van der Waals surface area contributed by atoms with E-state index >= 15 is 0 Å². The van der Waals surface area contributed by atoms with Gasteiger partial charge < -0.3 is 20.0 Å². The molecule has 2 N–H and O–H groups in total. The van der Waals surface area contributed by atoms with Gasteiger partial charge >= 0.3 is 0 Å². The first-order valence-corrected chi connectivity index (χ1v) is 12.1. The molecule has 6 nitrogen and oxygen atoms in total. The number of para-hydroxylation sites is 1. The summed E-state index contributed by atoms with van der Waals surface area (Å²) < 4.78 is 6.31. The zero-order valence-corrected chi connectivity index (χ0v) is 20.3. The molecule has 3 heterocycles. The van der Waals surface area contributed by atoms with Gasteiger partial charge in [0.05, 0.1) is 11.7 Å². The van der Waals surface area contributed by atoms with Crippen LogP contribution in [-0.2, 0) is 4.79 Å². The zero-order valence-electron chi connectivity index (χ0n) is 18.7. The Balaban J connectivity index is 1.40. The molecular weight excluding hydrogens is 480 g/mol. The maximum atomic E-state index is 12.6. The number of thiocarbonyl (C=S) groups is 1. The number of nitrogens with zero attached hydrogens (tertiary/aromatic N) is 2. The fourth-order valence-electron chi connectivity index (χ4n) is 4.20. The Bertz CT molecular complexity index is 1310. The molecule has 0 radical (unpaired) electrons. The van der Waals surface area contributed by atoms with Crippen LogP contribution in [-0.4, -0.2) is 27.4 Å². The van der Waals surface area contributed by atoms with E-state index in [2.05, 4.69) is 15.6 Å². The van der Waals surface area contributed by atoms with Gasteiger partial charge in [-0.15, -0.1) is 0 Å². The quantitative estimate of drug-likeness (QED) is 0.302. The number of carbonyl (C=O) groups excluding carboxylic acids is 1. The molecule has 5 rings (SSSR count). The number of pyridine rings is 1. The molecule has 1 aliphatic heterocycles. The predicted molar refractivity (Wildman–Crippen MR) is 141 cm³/mol. The number of amides is 1. The minimum absolute atomic E-state index is 0.0830. The van der Waals surface area contributed by atoms with Crippen LogP contribution in [0.25, 0.3) is 11.3 Å². The van der Waals surface area contributed by atoms with Crippen molar-refractivity contribution in [1.29, 1.82) is 0 Å². The van der Waals surface area contributed by atoms with Gasteiger partial charge in [-0.2, -0.15) is 0 Å². The van der Waals surface area contributed by atoms with Gasteiger partial charge in [0, 0.05) is 35.4 Å². The predicted octanol–water partition coefficient (Wildman–Crippen LogP) is 6.00. The van der Waals surface area contributed by atoms with Crippen LogP contribution in [0.4, 0.5) is 5.69 Å². The molecule has 2 unspecified atom stereocenters. The smallest absolute Gasteiger partial charge is 0.226 e. The topological polar surface area (TPSA) is 70.4 Å². The fourth-order valence-corrected chi connectivity index (χ4v) is 4.66. The molecule has 35 heavy (non-hydrogen) atoms. The van der Waals surface area contributed by atoms with Crippen molar-refractivity contribution >= 4 is 40.5 Å². The first-order valence-electron chi connectivity index (χ1n) is 11.3. The molecule has 0 aliphatic carbocycles. The maximum absolute atomic E-state index is 12.6. The molecule has 0 saturated carbocycles. The van der Waals surface area contributed by atoms with E-state index in [0.29, 0.717) is 16.7 Å². The molecule has 2 atom stereocenters. The molecule has 2 aromatic heterocycles. The van der Waals surface area contributed by atoms with E-state index < -0.39 is 0 Å². The number of aromatic nitrogens is 1. The third-order valence-corrected chi connectivity index (χ3v) is 6.49. The lowest BCUT2D eigenvalue weighted by atomic mass is 10.0. The van der Waals surface area contributed by atoms with E-state index in [-0.39, 0.29) is 24.4 Å². The molecule has 1 aliphatic rings. The van der Waals surface area contributed by atoms with Crippen LogP contribution in [0.3, 0.4) is 0 Å². The number of rotatable bonds is 7. The van der Waals surface area contributed by atoms with Crippen LogP contribution < -0.4 is 10.6 Å². The molecule has 0 spiro atoms. The van der Waals surface area contributed by atoms with Crippen molar-refractivity contribution in [2.45, 2.75) is 18.5 Å². The average molecular weight is 503 g/mol. The van der Waals surface area contributed by atoms with Crippen molar-refractivity contribution in [2.24, 2.45) is 0 Å². The monoisotopic (exact) mass is 502 g/mol. The molecule has 176 valence electrons. The van der Waals surface area contributed by atoms with Crippen LogP contribution in [0.5, 0.6) is 0 Å². The van der Waals surface area contributed by atoms with Crippen molar-refractivity contribution in [1.82, 2.24) is 15.2 Å². The highest BCUT2D eigenvalue weighted by atomic mass is 35.5. The summed E-state index contributed by atoms with van der Waals surface area (Å²) >= 11 is 11.7. The number of carbonyl (C=O) groups is 1. The van der Waals surface area contributed by atoms with E-state index in [4.69, 9.17) is 28.2 Å². The lowest BCUT2D eigenvalue weighted by molar-refractivity contribution is -0.116. The summed E-state index contributed by atoms with van der Waals surface area (Å²) in [6.07, 6.45) is 2.03. The van der Waals surface area contributed by atoms with Gasteiger partial charge in [0.25, 0.3) is 0 Å². The first kappa shape index (κ1) is 23.1. The second-order valence-electron chi connectivity index (χ2n) is 8.19. The number of furan rings is 1. The van der Waals surface area contributed by atoms with Gasteiger partial charge in [0.15, 0.2) is 5.11 Å². The summed E-state index contributed by atoms with van der Waals surface area (Å²) in [5, 5.41) is 7.54. The van der Waals surface area contributed by atoms with Crippen molar-refractivity contribution in [3.63, 3.8) is 0 Å². The second kappa shape index (κ2) is 10.3. The van der Waals surface area contributed by atoms with Crippen LogP contribution in [0.15, 0.2) is 95.5 Å². The molecule has 8 heteroatoms. The Kier molecular flexibility index (Phi) is 6.79. The lowest BCUT2D eigenvalue weighted by Gasteiger charge is -2.25. The highest BCUT2D eigenvalue weighted by molar-refractivity contribution is 7.80. The van der Waals surface area contributed by atoms with E-state index in [1.165, 1.54) is 0 Å². The van der Waals surface area contributed by atoms with Crippen LogP contribution in [0, 0.1) is 0 Å². The van der Waals surface area contributed by atoms with Gasteiger partial charge in [0.2, 0.25) is 5.91 Å². The number of anilines is 1. The maximum Gasteiger partial charge on any atom is 0.226 e. The molecule has 2 aromatic carbocycles. The number of nitrogens with one attached hydrogen (secondary N) is 2. The van der Waals surface area contributed by atoms with Crippen molar-refractivity contribution in [3.8, 4) is 11.3 Å². The standard InChI is InChI=1S/C27H23ClN4O2S/c28-19-11-9-18(10-12-19)22-13-14-23(34-22)26-25(21-8-4-5-16-29-21)31-27(35)32(26)17-15-24(33)30-20-6-2-1-3-7-20/h1-14,16,25-26H,15,17H2,(H,30,33)(H,31,35). The number of hydrogen-bond donors (Lipinski definition) is 2. The van der Waals surface area contributed by atoms with Crippen molar-refractivity contribution in [2.75, 3.05) is 11.9 Å². The molecule has 4 aromatic rings. The lowest BCUT2D eigenvalue weighted by Crippen LogP contribution is -2.32. The third kappa shape index (κ3) is 5.21. The van der Waals surface area contributed by atoms with Gasteiger partial charge in [-0.3, -0.25) is 9.78 Å². The molecule has 0 bridgehead atoms. The van der Waals surface area contributed by atoms with Gasteiger partial charge in [0.1, 0.15) is 17.6 Å². The van der Waals surface area contributed by atoms with Crippen LogP contribution >= 0.6 is 23.8 Å². The number of hydrogen-bond acceptors (Lipinski definition) is 4. The van der Waals surface area contributed by atoms with Gasteiger partial charge in [-0.1, -0.05) is 35.9 Å². The zero-order chi connectivity index (χ0) is 24.2. The van der Waals surface area contributed by atoms with Gasteiger partial charge in [-0.25, -0.2) is 0 Å². The summed E-state index contributed by atoms with van der Waals surface area (Å²) in [5.74, 6) is 1.39. The summed E-state index contributed by atoms with van der Waals surface area (Å²) in [6, 6.07) is 26.1. The Labute approximate surface area is 213 Å². The summed E-state index contributed by atoms with van der Waals surface area (Å²) in [4.78, 5) is 19.2. The Morgan fingerprint density at radius 3 is 2.54 bits per heavy atom. The van der Waals surface area contributed by atoms with Crippen LogP contribution in [0.1, 0.15) is 30.0 Å². The summed E-state index contributed by atoms with van der Waals surface area (Å²) in [6.45, 7) is 0.426. The Hall–Kier alpha value is -3.68. The SMILES string of the molecule is O=C(CCN1C(=S)NC(c2ccccn2)C1c1ccc(-c2ccc(Cl)cc2)o1)Nc1ccccc1. The minimum atomic E-state index is -0.261. The molecule has 1 saturated heterocycles. The van der Waals surface area contributed by atoms with E-state index in [1.807, 2.05) is 89.8 Å². The summed E-state index contributed by atoms with van der Waals surface area (Å²) in [7, 11) is 0. The fraction of sp³-hybridized carbons (Fsp3) is 0.148. The highest BCUT2D eigenvalue weighted by Gasteiger charge is 2.41. The van der Waals surface area contributed by atoms with E-state index in [1.54, 1.807) is 6.20 Å². The van der Waals surface area contributed by atoms with E-state index in [0.717, 1.165) is 28.5 Å². The number of halogens is 1. The Morgan fingerprint density at radius 1 is 1.03 bits per heavy atom. The first-order chi connectivity index (χ1) is 17.1.